The molecule has 25 heavy (non-hydrogen) atoms. The third-order valence-electron chi connectivity index (χ3n) is 3.99. The summed E-state index contributed by atoms with van der Waals surface area (Å²) in [5.74, 6) is 1.08. The summed E-state index contributed by atoms with van der Waals surface area (Å²) in [4.78, 5) is 23.4. The fourth-order valence-corrected chi connectivity index (χ4v) is 3.29. The molecule has 1 heterocycles. The molecule has 1 fully saturated rings. The number of thioether (sulfide) groups is 1. The van der Waals surface area contributed by atoms with Gasteiger partial charge in [-0.05, 0) is 25.3 Å². The molecule has 0 aliphatic heterocycles. The van der Waals surface area contributed by atoms with Crippen LogP contribution in [0.3, 0.4) is 0 Å². The van der Waals surface area contributed by atoms with Gasteiger partial charge < -0.3 is 9.88 Å². The van der Waals surface area contributed by atoms with Crippen LogP contribution < -0.4 is 10.6 Å². The van der Waals surface area contributed by atoms with Crippen LogP contribution in [0.5, 0.6) is 0 Å². The Labute approximate surface area is 150 Å². The van der Waals surface area contributed by atoms with Gasteiger partial charge in [-0.3, -0.25) is 10.1 Å². The molecule has 0 unspecified atom stereocenters. The monoisotopic (exact) mass is 359 g/mol. The summed E-state index contributed by atoms with van der Waals surface area (Å²) >= 11 is 1.31. The summed E-state index contributed by atoms with van der Waals surface area (Å²) < 4.78 is 2.08. The van der Waals surface area contributed by atoms with Gasteiger partial charge in [0.05, 0.1) is 11.8 Å². The summed E-state index contributed by atoms with van der Waals surface area (Å²) in [5.41, 5.74) is 1.16. The minimum Gasteiger partial charge on any atom is -0.341 e. The highest BCUT2D eigenvalue weighted by Gasteiger charge is 2.31. The third kappa shape index (κ3) is 4.39. The van der Waals surface area contributed by atoms with E-state index in [9.17, 15) is 9.59 Å². The molecule has 1 saturated carbocycles. The minimum absolute atomic E-state index is 0.355. The van der Waals surface area contributed by atoms with Crippen LogP contribution in [0.4, 0.5) is 4.79 Å². The normalized spacial score (nSPS) is 14.8. The maximum atomic E-state index is 12.1. The SMILES string of the molecule is CNC(=O)NC(=O)[C@H](C)Sc1nnc(C2CC2)n1Cc1ccccc1. The standard InChI is InChI=1S/C17H21N5O2S/c1-11(15(23)19-16(24)18-2)25-17-21-20-14(13-8-9-13)22(17)10-12-6-4-3-5-7-12/h3-7,11,13H,8-10H2,1-2H3,(H2,18,19,23,24)/t11-/m0/s1. The Kier molecular flexibility index (Phi) is 5.37. The Morgan fingerprint density at radius 3 is 2.64 bits per heavy atom. The number of amides is 3. The second kappa shape index (κ2) is 7.69. The number of aromatic nitrogens is 3. The van der Waals surface area contributed by atoms with Crippen molar-refractivity contribution in [1.82, 2.24) is 25.4 Å². The van der Waals surface area contributed by atoms with Gasteiger partial charge in [0.1, 0.15) is 5.82 Å². The lowest BCUT2D eigenvalue weighted by atomic mass is 10.2. The Morgan fingerprint density at radius 2 is 2.00 bits per heavy atom. The zero-order chi connectivity index (χ0) is 17.8. The van der Waals surface area contributed by atoms with E-state index in [-0.39, 0.29) is 5.91 Å². The van der Waals surface area contributed by atoms with Gasteiger partial charge in [-0.15, -0.1) is 10.2 Å². The van der Waals surface area contributed by atoms with Gasteiger partial charge in [0, 0.05) is 13.0 Å². The van der Waals surface area contributed by atoms with E-state index in [2.05, 4.69) is 37.5 Å². The molecule has 7 nitrogen and oxygen atoms in total. The smallest absolute Gasteiger partial charge is 0.321 e. The van der Waals surface area contributed by atoms with Gasteiger partial charge >= 0.3 is 6.03 Å². The average molecular weight is 359 g/mol. The van der Waals surface area contributed by atoms with Crippen LogP contribution in [0.25, 0.3) is 0 Å². The number of benzene rings is 1. The molecule has 2 N–H and O–H groups in total. The number of urea groups is 1. The minimum atomic E-state index is -0.512. The van der Waals surface area contributed by atoms with E-state index >= 15 is 0 Å². The topological polar surface area (TPSA) is 88.9 Å². The lowest BCUT2D eigenvalue weighted by Gasteiger charge is -2.13. The number of hydrogen-bond donors (Lipinski definition) is 2. The van der Waals surface area contributed by atoms with Gasteiger partial charge in [-0.1, -0.05) is 42.1 Å². The molecule has 1 aliphatic carbocycles. The molecule has 3 rings (SSSR count). The van der Waals surface area contributed by atoms with Gasteiger partial charge in [0.25, 0.3) is 0 Å². The van der Waals surface area contributed by atoms with Crippen molar-refractivity contribution in [2.75, 3.05) is 7.05 Å². The van der Waals surface area contributed by atoms with Crippen LogP contribution in [-0.4, -0.2) is 39.0 Å². The first-order valence-corrected chi connectivity index (χ1v) is 9.12. The van der Waals surface area contributed by atoms with Gasteiger partial charge in [-0.2, -0.15) is 0 Å². The summed E-state index contributed by atoms with van der Waals surface area (Å²) in [6, 6.07) is 9.60. The number of nitrogens with zero attached hydrogens (tertiary/aromatic N) is 3. The Morgan fingerprint density at radius 1 is 1.28 bits per heavy atom. The maximum absolute atomic E-state index is 12.1. The summed E-state index contributed by atoms with van der Waals surface area (Å²) in [5, 5.41) is 13.5. The van der Waals surface area contributed by atoms with Gasteiger partial charge in [0.15, 0.2) is 5.16 Å². The summed E-state index contributed by atoms with van der Waals surface area (Å²) in [7, 11) is 1.47. The molecule has 0 spiro atoms. The molecule has 1 aromatic heterocycles. The molecule has 132 valence electrons. The molecule has 1 aromatic carbocycles. The second-order valence-corrected chi connectivity index (χ2v) is 7.32. The average Bonchev–Trinajstić information content (AvgIpc) is 3.39. The van der Waals surface area contributed by atoms with E-state index in [1.165, 1.54) is 18.8 Å². The fraction of sp³-hybridized carbons (Fsp3) is 0.412. The number of carbonyl (C=O) groups excluding carboxylic acids is 2. The quantitative estimate of drug-likeness (QED) is 0.772. The number of nitrogens with one attached hydrogen (secondary N) is 2. The Balaban J connectivity index is 1.76. The predicted octanol–water partition coefficient (Wildman–Crippen LogP) is 2.14. The van der Waals surface area contributed by atoms with Gasteiger partial charge in [0.2, 0.25) is 5.91 Å². The highest BCUT2D eigenvalue weighted by Crippen LogP contribution is 2.40. The van der Waals surface area contributed by atoms with Crippen LogP contribution in [0, 0.1) is 0 Å². The number of rotatable bonds is 6. The first-order chi connectivity index (χ1) is 12.1. The highest BCUT2D eigenvalue weighted by atomic mass is 32.2. The lowest BCUT2D eigenvalue weighted by Crippen LogP contribution is -2.41. The largest absolute Gasteiger partial charge is 0.341 e. The third-order valence-corrected chi connectivity index (χ3v) is 5.07. The zero-order valence-electron chi connectivity index (χ0n) is 14.2. The second-order valence-electron chi connectivity index (χ2n) is 6.02. The van der Waals surface area contributed by atoms with Crippen molar-refractivity contribution < 1.29 is 9.59 Å². The van der Waals surface area contributed by atoms with Crippen molar-refractivity contribution in [2.24, 2.45) is 0 Å². The van der Waals surface area contributed by atoms with Crippen LogP contribution in [-0.2, 0) is 11.3 Å². The molecule has 2 aromatic rings. The maximum Gasteiger partial charge on any atom is 0.321 e. The van der Waals surface area contributed by atoms with Crippen LogP contribution >= 0.6 is 11.8 Å². The predicted molar refractivity (Wildman–Crippen MR) is 95.5 cm³/mol. The molecule has 1 aliphatic rings. The molecule has 0 saturated heterocycles. The summed E-state index contributed by atoms with van der Waals surface area (Å²) in [6.45, 7) is 2.42. The zero-order valence-corrected chi connectivity index (χ0v) is 15.0. The Bertz CT molecular complexity index is 758. The van der Waals surface area contributed by atoms with E-state index in [1.54, 1.807) is 6.92 Å². The van der Waals surface area contributed by atoms with Crippen LogP contribution in [0.1, 0.15) is 37.1 Å². The number of carbonyl (C=O) groups is 2. The highest BCUT2D eigenvalue weighted by molar-refractivity contribution is 8.00. The molecule has 8 heteroatoms. The molecule has 0 bridgehead atoms. The van der Waals surface area contributed by atoms with E-state index in [1.807, 2.05) is 18.2 Å². The molecule has 1 atom stereocenters. The molecule has 0 radical (unpaired) electrons. The number of imide groups is 1. The van der Waals surface area contributed by atoms with Gasteiger partial charge in [-0.25, -0.2) is 4.79 Å². The van der Waals surface area contributed by atoms with Crippen molar-refractivity contribution in [3.8, 4) is 0 Å². The number of hydrogen-bond acceptors (Lipinski definition) is 5. The lowest BCUT2D eigenvalue weighted by molar-refractivity contribution is -0.119. The first kappa shape index (κ1) is 17.5. The van der Waals surface area contributed by atoms with E-state index in [4.69, 9.17) is 0 Å². The van der Waals surface area contributed by atoms with Crippen molar-refractivity contribution >= 4 is 23.7 Å². The van der Waals surface area contributed by atoms with Crippen LogP contribution in [0.15, 0.2) is 35.5 Å². The Hall–Kier alpha value is -2.35. The molecular formula is C17H21N5O2S. The summed E-state index contributed by atoms with van der Waals surface area (Å²) in [6.07, 6.45) is 2.26. The van der Waals surface area contributed by atoms with E-state index in [0.717, 1.165) is 24.2 Å². The van der Waals surface area contributed by atoms with E-state index < -0.39 is 11.3 Å². The van der Waals surface area contributed by atoms with Crippen molar-refractivity contribution in [3.05, 3.63) is 41.7 Å². The van der Waals surface area contributed by atoms with Crippen LogP contribution in [0.2, 0.25) is 0 Å². The van der Waals surface area contributed by atoms with E-state index in [0.29, 0.717) is 17.6 Å². The first-order valence-electron chi connectivity index (χ1n) is 8.24. The molecule has 3 amide bonds. The fourth-order valence-electron chi connectivity index (χ4n) is 2.43. The van der Waals surface area contributed by atoms with Crippen molar-refractivity contribution in [1.29, 1.82) is 0 Å². The molecular weight excluding hydrogens is 338 g/mol. The van der Waals surface area contributed by atoms with Crippen molar-refractivity contribution in [3.63, 3.8) is 0 Å². The van der Waals surface area contributed by atoms with Crippen molar-refractivity contribution in [2.45, 2.75) is 42.6 Å².